The van der Waals surface area contributed by atoms with Crippen LogP contribution < -0.4 is 10.5 Å². The number of carbonyl (C=O) groups is 1. The maximum atomic E-state index is 11.7. The molecule has 16 heavy (non-hydrogen) atoms. The van der Waals surface area contributed by atoms with E-state index in [1.807, 2.05) is 0 Å². The number of aromatic nitrogens is 2. The molecule has 2 rings (SSSR count). The number of para-hydroxylation sites is 1. The molecule has 1 N–H and O–H groups in total. The minimum Gasteiger partial charge on any atom is -0.292 e. The summed E-state index contributed by atoms with van der Waals surface area (Å²) in [6, 6.07) is 7.00. The van der Waals surface area contributed by atoms with Gasteiger partial charge in [0, 0.05) is 14.0 Å². The Morgan fingerprint density at radius 1 is 1.38 bits per heavy atom. The first-order valence-corrected chi connectivity index (χ1v) is 4.83. The van der Waals surface area contributed by atoms with Crippen LogP contribution in [0.1, 0.15) is 6.92 Å². The third kappa shape index (κ3) is 1.67. The lowest BCUT2D eigenvalue weighted by atomic mass is 10.2. The fourth-order valence-corrected chi connectivity index (χ4v) is 1.38. The topological polar surface area (TPSA) is 66.1 Å². The summed E-state index contributed by atoms with van der Waals surface area (Å²) < 4.78 is 0. The highest BCUT2D eigenvalue weighted by Crippen LogP contribution is 2.10. The maximum absolute atomic E-state index is 11.7. The second-order valence-electron chi connectivity index (χ2n) is 3.48. The van der Waals surface area contributed by atoms with Crippen LogP contribution in [-0.2, 0) is 4.79 Å². The van der Waals surface area contributed by atoms with Crippen LogP contribution in [0.25, 0.3) is 10.9 Å². The highest BCUT2D eigenvalue weighted by atomic mass is 16.2. The molecule has 0 atom stereocenters. The van der Waals surface area contributed by atoms with E-state index in [9.17, 15) is 9.59 Å². The number of hydrogen-bond acceptors (Lipinski definition) is 3. The second-order valence-corrected chi connectivity index (χ2v) is 3.48. The molecule has 0 bridgehead atoms. The second kappa shape index (κ2) is 3.77. The van der Waals surface area contributed by atoms with Gasteiger partial charge in [0.25, 0.3) is 5.56 Å². The third-order valence-electron chi connectivity index (χ3n) is 2.39. The first-order valence-electron chi connectivity index (χ1n) is 4.83. The normalized spacial score (nSPS) is 10.4. The molecule has 0 aliphatic rings. The number of anilines is 1. The Labute approximate surface area is 91.7 Å². The molecule has 0 saturated carbocycles. The van der Waals surface area contributed by atoms with Crippen LogP contribution in [0.3, 0.4) is 0 Å². The molecular formula is C11H11N3O2. The smallest absolute Gasteiger partial charge is 0.260 e. The number of fused-ring (bicyclic) bond motifs is 1. The predicted molar refractivity (Wildman–Crippen MR) is 61.4 cm³/mol. The first-order chi connectivity index (χ1) is 7.59. The number of nitrogens with zero attached hydrogens (tertiary/aromatic N) is 2. The molecular weight excluding hydrogens is 206 g/mol. The lowest BCUT2D eigenvalue weighted by Gasteiger charge is -2.13. The monoisotopic (exact) mass is 217 g/mol. The highest BCUT2D eigenvalue weighted by molar-refractivity contribution is 5.90. The van der Waals surface area contributed by atoms with Crippen molar-refractivity contribution in [2.24, 2.45) is 0 Å². The number of hydrogen-bond donors (Lipinski definition) is 1. The fourth-order valence-electron chi connectivity index (χ4n) is 1.38. The van der Waals surface area contributed by atoms with E-state index in [1.54, 1.807) is 31.3 Å². The largest absolute Gasteiger partial charge is 0.292 e. The van der Waals surface area contributed by atoms with Gasteiger partial charge in [-0.15, -0.1) is 0 Å². The molecule has 0 aliphatic heterocycles. The number of aromatic amines is 1. The quantitative estimate of drug-likeness (QED) is 0.772. The van der Waals surface area contributed by atoms with Crippen molar-refractivity contribution >= 4 is 22.8 Å². The van der Waals surface area contributed by atoms with Gasteiger partial charge < -0.3 is 0 Å². The summed E-state index contributed by atoms with van der Waals surface area (Å²) in [6.07, 6.45) is 0. The van der Waals surface area contributed by atoms with Gasteiger partial charge in [0.1, 0.15) is 0 Å². The molecule has 5 heteroatoms. The molecule has 0 saturated heterocycles. The van der Waals surface area contributed by atoms with Crippen molar-refractivity contribution in [1.82, 2.24) is 9.97 Å². The maximum Gasteiger partial charge on any atom is 0.260 e. The predicted octanol–water partition coefficient (Wildman–Crippen LogP) is 0.906. The minimum atomic E-state index is -0.242. The zero-order chi connectivity index (χ0) is 11.7. The Hall–Kier alpha value is -2.17. The average Bonchev–Trinajstić information content (AvgIpc) is 2.28. The minimum absolute atomic E-state index is 0.182. The summed E-state index contributed by atoms with van der Waals surface area (Å²) in [4.78, 5) is 30.9. The number of benzene rings is 1. The zero-order valence-electron chi connectivity index (χ0n) is 9.02. The number of carbonyl (C=O) groups excluding carboxylic acids is 1. The summed E-state index contributed by atoms with van der Waals surface area (Å²) in [5, 5.41) is 0.517. The Morgan fingerprint density at radius 3 is 2.75 bits per heavy atom. The van der Waals surface area contributed by atoms with Crippen LogP contribution in [0.4, 0.5) is 5.95 Å². The summed E-state index contributed by atoms with van der Waals surface area (Å²) in [5.41, 5.74) is 0.336. The molecule has 1 amide bonds. The molecule has 1 aromatic carbocycles. The number of H-pyrrole nitrogens is 1. The number of amides is 1. The fraction of sp³-hybridized carbons (Fsp3) is 0.182. The lowest BCUT2D eigenvalue weighted by molar-refractivity contribution is -0.116. The van der Waals surface area contributed by atoms with E-state index in [0.717, 1.165) is 0 Å². The van der Waals surface area contributed by atoms with Gasteiger partial charge in [-0.05, 0) is 12.1 Å². The van der Waals surface area contributed by atoms with Crippen LogP contribution in [0, 0.1) is 0 Å². The Morgan fingerprint density at radius 2 is 2.06 bits per heavy atom. The molecule has 82 valence electrons. The van der Waals surface area contributed by atoms with Gasteiger partial charge >= 0.3 is 0 Å². The van der Waals surface area contributed by atoms with Crippen molar-refractivity contribution < 1.29 is 4.79 Å². The molecule has 0 aliphatic carbocycles. The molecule has 0 unspecified atom stereocenters. The molecule has 2 aromatic rings. The van der Waals surface area contributed by atoms with Crippen molar-refractivity contribution in [3.05, 3.63) is 34.6 Å². The van der Waals surface area contributed by atoms with E-state index in [-0.39, 0.29) is 17.4 Å². The Bertz CT molecular complexity index is 603. The van der Waals surface area contributed by atoms with Crippen LogP contribution in [0.5, 0.6) is 0 Å². The third-order valence-corrected chi connectivity index (χ3v) is 2.39. The molecule has 0 radical (unpaired) electrons. The van der Waals surface area contributed by atoms with E-state index >= 15 is 0 Å². The van der Waals surface area contributed by atoms with Gasteiger partial charge in [-0.2, -0.15) is 0 Å². The number of rotatable bonds is 1. The van der Waals surface area contributed by atoms with Gasteiger partial charge in [0.2, 0.25) is 11.9 Å². The van der Waals surface area contributed by atoms with E-state index in [4.69, 9.17) is 0 Å². The first kappa shape index (κ1) is 10.4. The van der Waals surface area contributed by atoms with Crippen molar-refractivity contribution in [2.45, 2.75) is 6.92 Å². The van der Waals surface area contributed by atoms with Gasteiger partial charge in [-0.1, -0.05) is 12.1 Å². The highest BCUT2D eigenvalue weighted by Gasteiger charge is 2.09. The van der Waals surface area contributed by atoms with E-state index in [0.29, 0.717) is 10.9 Å². The summed E-state index contributed by atoms with van der Waals surface area (Å²) in [7, 11) is 1.56. The average molecular weight is 217 g/mol. The molecule has 1 heterocycles. The van der Waals surface area contributed by atoms with Gasteiger partial charge in [0.05, 0.1) is 10.9 Å². The Kier molecular flexibility index (Phi) is 2.44. The molecule has 0 spiro atoms. The van der Waals surface area contributed by atoms with Crippen LogP contribution in [0.15, 0.2) is 29.1 Å². The van der Waals surface area contributed by atoms with Crippen molar-refractivity contribution in [2.75, 3.05) is 11.9 Å². The molecule has 0 fully saturated rings. The van der Waals surface area contributed by atoms with Crippen molar-refractivity contribution in [3.63, 3.8) is 0 Å². The summed E-state index contributed by atoms with van der Waals surface area (Å²) in [5.74, 6) is 0.0784. The van der Waals surface area contributed by atoms with E-state index in [2.05, 4.69) is 9.97 Å². The molecule has 1 aromatic heterocycles. The van der Waals surface area contributed by atoms with E-state index < -0.39 is 0 Å². The molecule has 5 nitrogen and oxygen atoms in total. The van der Waals surface area contributed by atoms with Crippen LogP contribution in [-0.4, -0.2) is 22.9 Å². The number of nitrogens with one attached hydrogen (secondary N) is 1. The van der Waals surface area contributed by atoms with Gasteiger partial charge in [-0.25, -0.2) is 4.98 Å². The van der Waals surface area contributed by atoms with Gasteiger partial charge in [-0.3, -0.25) is 19.5 Å². The van der Waals surface area contributed by atoms with Crippen molar-refractivity contribution in [3.8, 4) is 0 Å². The standard InChI is InChI=1S/C11H11N3O2/c1-7(15)14(2)11-12-9-6-4-3-5-8(9)10(16)13-11/h3-6H,1-2H3,(H,12,13,16). The SMILES string of the molecule is CC(=O)N(C)c1nc2ccccc2c(=O)[nH]1. The van der Waals surface area contributed by atoms with Crippen molar-refractivity contribution in [1.29, 1.82) is 0 Å². The summed E-state index contributed by atoms with van der Waals surface area (Å²) >= 11 is 0. The van der Waals surface area contributed by atoms with Crippen LogP contribution in [0.2, 0.25) is 0 Å². The summed E-state index contributed by atoms with van der Waals surface area (Å²) in [6.45, 7) is 1.41. The lowest BCUT2D eigenvalue weighted by Crippen LogP contribution is -2.27. The van der Waals surface area contributed by atoms with E-state index in [1.165, 1.54) is 11.8 Å². The van der Waals surface area contributed by atoms with Gasteiger partial charge in [0.15, 0.2) is 0 Å². The zero-order valence-corrected chi connectivity index (χ0v) is 9.02. The van der Waals surface area contributed by atoms with Crippen LogP contribution >= 0.6 is 0 Å². The Balaban J connectivity index is 2.67.